The highest BCUT2D eigenvalue weighted by Crippen LogP contribution is 2.36. The van der Waals surface area contributed by atoms with Gasteiger partial charge in [-0.2, -0.15) is 5.10 Å². The van der Waals surface area contributed by atoms with Crippen LogP contribution in [0.25, 0.3) is 15.8 Å². The number of nitrogens with zero attached hydrogens (tertiary/aromatic N) is 4. The Morgan fingerprint density at radius 2 is 1.69 bits per heavy atom. The molecule has 2 aromatic carbocycles. The van der Waals surface area contributed by atoms with Crippen molar-refractivity contribution >= 4 is 38.9 Å². The third kappa shape index (κ3) is 3.83. The zero-order valence-corrected chi connectivity index (χ0v) is 19.8. The summed E-state index contributed by atoms with van der Waals surface area (Å²) in [6, 6.07) is 18.2. The number of hydrogen-bond acceptors (Lipinski definition) is 4. The van der Waals surface area contributed by atoms with Crippen molar-refractivity contribution < 1.29 is 4.79 Å². The lowest BCUT2D eigenvalue weighted by molar-refractivity contribution is 0.0633. The fraction of sp³-hybridized carbons (Fsp3) is 0.280. The molecule has 0 spiro atoms. The SMILES string of the molecule is Cc1nn(-c2ccccc2)c(C)c1CN1CCN(C(=O)c2sc3ccccc3c2Cl)CC1. The summed E-state index contributed by atoms with van der Waals surface area (Å²) in [4.78, 5) is 18.1. The molecule has 1 fully saturated rings. The van der Waals surface area contributed by atoms with Gasteiger partial charge in [0.05, 0.1) is 16.4 Å². The van der Waals surface area contributed by atoms with Gasteiger partial charge in [0.2, 0.25) is 0 Å². The minimum Gasteiger partial charge on any atom is -0.335 e. The number of amides is 1. The van der Waals surface area contributed by atoms with Crippen molar-refractivity contribution in [3.8, 4) is 5.69 Å². The standard InChI is InChI=1S/C25H25ClN4OS/c1-17-21(18(2)30(27-17)19-8-4-3-5-9-19)16-28-12-14-29(15-13-28)25(31)24-23(26)20-10-6-7-11-22(20)32-24/h3-11H,12-16H2,1-2H3. The van der Waals surface area contributed by atoms with Gasteiger partial charge in [-0.25, -0.2) is 4.68 Å². The summed E-state index contributed by atoms with van der Waals surface area (Å²) < 4.78 is 3.08. The number of thiophene rings is 1. The van der Waals surface area contributed by atoms with Crippen LogP contribution >= 0.6 is 22.9 Å². The maximum Gasteiger partial charge on any atom is 0.265 e. The Kier molecular flexibility index (Phi) is 5.76. The van der Waals surface area contributed by atoms with Crippen molar-refractivity contribution in [3.05, 3.63) is 81.4 Å². The largest absolute Gasteiger partial charge is 0.335 e. The molecule has 5 nitrogen and oxygen atoms in total. The van der Waals surface area contributed by atoms with Crippen molar-refractivity contribution in [1.82, 2.24) is 19.6 Å². The predicted octanol–water partition coefficient (Wildman–Crippen LogP) is 5.32. The molecular formula is C25H25ClN4OS. The Labute approximate surface area is 196 Å². The van der Waals surface area contributed by atoms with Crippen LogP contribution in [0.2, 0.25) is 5.02 Å². The van der Waals surface area contributed by atoms with E-state index in [4.69, 9.17) is 16.7 Å². The van der Waals surface area contributed by atoms with E-state index in [1.54, 1.807) is 0 Å². The van der Waals surface area contributed by atoms with Crippen LogP contribution in [0.5, 0.6) is 0 Å². The van der Waals surface area contributed by atoms with E-state index in [0.717, 1.165) is 41.1 Å². The van der Waals surface area contributed by atoms with E-state index in [0.29, 0.717) is 23.0 Å². The molecule has 1 aliphatic rings. The molecule has 0 aliphatic carbocycles. The Morgan fingerprint density at radius 3 is 2.41 bits per heavy atom. The van der Waals surface area contributed by atoms with Gasteiger partial charge in [0.15, 0.2) is 0 Å². The molecule has 32 heavy (non-hydrogen) atoms. The summed E-state index contributed by atoms with van der Waals surface area (Å²) >= 11 is 8.02. The number of fused-ring (bicyclic) bond motifs is 1. The number of hydrogen-bond donors (Lipinski definition) is 0. The van der Waals surface area contributed by atoms with Gasteiger partial charge in [-0.3, -0.25) is 9.69 Å². The third-order valence-electron chi connectivity index (χ3n) is 6.21. The van der Waals surface area contributed by atoms with E-state index in [2.05, 4.69) is 30.9 Å². The molecule has 0 N–H and O–H groups in total. The van der Waals surface area contributed by atoms with Crippen molar-refractivity contribution in [3.63, 3.8) is 0 Å². The molecule has 0 radical (unpaired) electrons. The Morgan fingerprint density at radius 1 is 1.00 bits per heavy atom. The van der Waals surface area contributed by atoms with Crippen LogP contribution in [-0.4, -0.2) is 51.7 Å². The van der Waals surface area contributed by atoms with Gasteiger partial charge in [-0.05, 0) is 32.0 Å². The molecular weight excluding hydrogens is 440 g/mol. The molecule has 1 amide bonds. The van der Waals surface area contributed by atoms with E-state index in [1.165, 1.54) is 22.6 Å². The van der Waals surface area contributed by atoms with Crippen LogP contribution in [0.4, 0.5) is 0 Å². The molecule has 0 bridgehead atoms. The number of rotatable bonds is 4. The highest BCUT2D eigenvalue weighted by molar-refractivity contribution is 7.21. The molecule has 164 valence electrons. The molecule has 4 aromatic rings. The van der Waals surface area contributed by atoms with Crippen LogP contribution < -0.4 is 0 Å². The summed E-state index contributed by atoms with van der Waals surface area (Å²) in [5.41, 5.74) is 4.57. The minimum absolute atomic E-state index is 0.0418. The summed E-state index contributed by atoms with van der Waals surface area (Å²) in [5.74, 6) is 0.0418. The number of carbonyl (C=O) groups excluding carboxylic acids is 1. The Hall–Kier alpha value is -2.67. The smallest absolute Gasteiger partial charge is 0.265 e. The maximum absolute atomic E-state index is 13.1. The molecule has 5 rings (SSSR count). The first-order valence-corrected chi connectivity index (χ1v) is 12.0. The van der Waals surface area contributed by atoms with E-state index < -0.39 is 0 Å². The first-order valence-electron chi connectivity index (χ1n) is 10.8. The fourth-order valence-electron chi connectivity index (χ4n) is 4.35. The van der Waals surface area contributed by atoms with Crippen LogP contribution in [0.3, 0.4) is 0 Å². The molecule has 0 saturated carbocycles. The zero-order valence-electron chi connectivity index (χ0n) is 18.2. The quantitative estimate of drug-likeness (QED) is 0.410. The van der Waals surface area contributed by atoms with Crippen LogP contribution in [-0.2, 0) is 6.54 Å². The van der Waals surface area contributed by atoms with E-state index in [-0.39, 0.29) is 5.91 Å². The second kappa shape index (κ2) is 8.70. The first kappa shape index (κ1) is 21.2. The van der Waals surface area contributed by atoms with Crippen molar-refractivity contribution in [1.29, 1.82) is 0 Å². The number of piperazine rings is 1. The third-order valence-corrected chi connectivity index (χ3v) is 7.88. The van der Waals surface area contributed by atoms with Crippen molar-refractivity contribution in [2.45, 2.75) is 20.4 Å². The second-order valence-electron chi connectivity index (χ2n) is 8.21. The highest BCUT2D eigenvalue weighted by Gasteiger charge is 2.27. The number of benzene rings is 2. The van der Waals surface area contributed by atoms with Gasteiger partial charge in [0, 0.05) is 54.1 Å². The van der Waals surface area contributed by atoms with Gasteiger partial charge in [-0.15, -0.1) is 11.3 Å². The predicted molar refractivity (Wildman–Crippen MR) is 131 cm³/mol. The van der Waals surface area contributed by atoms with E-state index in [9.17, 15) is 4.79 Å². The molecule has 7 heteroatoms. The monoisotopic (exact) mass is 464 g/mol. The van der Waals surface area contributed by atoms with E-state index in [1.807, 2.05) is 52.0 Å². The van der Waals surface area contributed by atoms with Crippen LogP contribution in [0.15, 0.2) is 54.6 Å². The van der Waals surface area contributed by atoms with Crippen LogP contribution in [0.1, 0.15) is 26.6 Å². The Bertz CT molecular complexity index is 1270. The summed E-state index contributed by atoms with van der Waals surface area (Å²) in [5, 5.41) is 6.31. The zero-order chi connectivity index (χ0) is 22.2. The van der Waals surface area contributed by atoms with Gasteiger partial charge in [0.25, 0.3) is 5.91 Å². The topological polar surface area (TPSA) is 41.4 Å². The summed E-state index contributed by atoms with van der Waals surface area (Å²) in [6.07, 6.45) is 0. The number of aryl methyl sites for hydroxylation is 1. The fourth-order valence-corrected chi connectivity index (χ4v) is 5.83. The Balaban J connectivity index is 1.27. The van der Waals surface area contributed by atoms with Gasteiger partial charge < -0.3 is 4.90 Å². The van der Waals surface area contributed by atoms with Crippen molar-refractivity contribution in [2.24, 2.45) is 0 Å². The number of aromatic nitrogens is 2. The second-order valence-corrected chi connectivity index (χ2v) is 9.64. The lowest BCUT2D eigenvalue weighted by Crippen LogP contribution is -2.48. The summed E-state index contributed by atoms with van der Waals surface area (Å²) in [7, 11) is 0. The number of para-hydroxylation sites is 1. The lowest BCUT2D eigenvalue weighted by atomic mass is 10.1. The number of carbonyl (C=O) groups is 1. The average Bonchev–Trinajstić information content (AvgIpc) is 3.31. The molecule has 1 saturated heterocycles. The van der Waals surface area contributed by atoms with Crippen molar-refractivity contribution in [2.75, 3.05) is 26.2 Å². The van der Waals surface area contributed by atoms with Gasteiger partial charge in [-0.1, -0.05) is 48.0 Å². The van der Waals surface area contributed by atoms with Gasteiger partial charge in [0.1, 0.15) is 4.88 Å². The summed E-state index contributed by atoms with van der Waals surface area (Å²) in [6.45, 7) is 8.13. The van der Waals surface area contributed by atoms with Crippen LogP contribution in [0, 0.1) is 13.8 Å². The minimum atomic E-state index is 0.0418. The molecule has 1 aliphatic heterocycles. The first-order chi connectivity index (χ1) is 15.5. The van der Waals surface area contributed by atoms with E-state index >= 15 is 0 Å². The lowest BCUT2D eigenvalue weighted by Gasteiger charge is -2.34. The molecule has 3 heterocycles. The highest BCUT2D eigenvalue weighted by atomic mass is 35.5. The molecule has 0 unspecified atom stereocenters. The number of halogens is 1. The maximum atomic E-state index is 13.1. The molecule has 0 atom stereocenters. The average molecular weight is 465 g/mol. The van der Waals surface area contributed by atoms with Gasteiger partial charge >= 0.3 is 0 Å². The molecule has 2 aromatic heterocycles. The normalized spacial score (nSPS) is 14.9.